The molecule has 1 aromatic heterocycles. The Kier molecular flexibility index (Phi) is 6.56. The number of carbonyl (C=O) groups is 1. The van der Waals surface area contributed by atoms with Gasteiger partial charge in [-0.05, 0) is 82.3 Å². The summed E-state index contributed by atoms with van der Waals surface area (Å²) in [5, 5.41) is 4.69. The number of rotatable bonds is 4. The lowest BCUT2D eigenvalue weighted by molar-refractivity contribution is -0.115. The summed E-state index contributed by atoms with van der Waals surface area (Å²) < 4.78 is 7.68. The van der Waals surface area contributed by atoms with Gasteiger partial charge in [-0.3, -0.25) is 4.79 Å². The van der Waals surface area contributed by atoms with Gasteiger partial charge < -0.3 is 9.73 Å². The van der Waals surface area contributed by atoms with Crippen LogP contribution in [0.2, 0.25) is 5.02 Å². The highest BCUT2D eigenvalue weighted by atomic mass is 79.9. The van der Waals surface area contributed by atoms with E-state index >= 15 is 0 Å². The minimum absolute atomic E-state index is 0.203. The maximum Gasteiger partial charge on any atom is 0.264 e. The lowest BCUT2D eigenvalue weighted by Crippen LogP contribution is -2.19. The van der Waals surface area contributed by atoms with Crippen molar-refractivity contribution in [3.63, 3.8) is 0 Å². The van der Waals surface area contributed by atoms with Gasteiger partial charge in [0.25, 0.3) is 5.91 Å². The molecule has 0 atom stereocenters. The van der Waals surface area contributed by atoms with Crippen molar-refractivity contribution in [2.75, 3.05) is 0 Å². The van der Waals surface area contributed by atoms with E-state index in [2.05, 4.69) is 42.2 Å². The molecule has 0 aliphatic carbocycles. The molecule has 1 amide bonds. The molecule has 1 aliphatic heterocycles. The van der Waals surface area contributed by atoms with Gasteiger partial charge in [-0.15, -0.1) is 0 Å². The van der Waals surface area contributed by atoms with Crippen molar-refractivity contribution in [3.05, 3.63) is 79.2 Å². The standard InChI is InChI=1S/C20H11Br2ClN2O2S2/c21-11-1-5-13(6-2-11)24-20-25-18(26)17(29-20)10-14-9-16(22)19(27-14)28-15-7-3-12(23)4-8-15/h1-10H,(H,24,25,26). The fourth-order valence-corrected chi connectivity index (χ4v) is 4.90. The van der Waals surface area contributed by atoms with Crippen LogP contribution in [0, 0.1) is 0 Å². The van der Waals surface area contributed by atoms with Crippen LogP contribution in [0.5, 0.6) is 0 Å². The van der Waals surface area contributed by atoms with Gasteiger partial charge in [-0.1, -0.05) is 39.3 Å². The van der Waals surface area contributed by atoms with Crippen molar-refractivity contribution in [1.82, 2.24) is 5.32 Å². The topological polar surface area (TPSA) is 54.6 Å². The number of aliphatic imine (C=N–C) groups is 1. The molecule has 1 N–H and O–H groups in total. The minimum atomic E-state index is -0.203. The maximum absolute atomic E-state index is 12.3. The molecule has 0 saturated carbocycles. The van der Waals surface area contributed by atoms with Gasteiger partial charge in [0.05, 0.1) is 15.1 Å². The Morgan fingerprint density at radius 2 is 1.83 bits per heavy atom. The van der Waals surface area contributed by atoms with E-state index in [0.717, 1.165) is 19.5 Å². The summed E-state index contributed by atoms with van der Waals surface area (Å²) in [7, 11) is 0. The zero-order valence-corrected chi connectivity index (χ0v) is 20.0. The fraction of sp³-hybridized carbons (Fsp3) is 0. The third-order valence-electron chi connectivity index (χ3n) is 3.68. The van der Waals surface area contributed by atoms with Crippen molar-refractivity contribution < 1.29 is 9.21 Å². The normalized spacial score (nSPS) is 16.6. The SMILES string of the molecule is O=C1NC(=Nc2ccc(Br)cc2)SC1=Cc1cc(Br)c(Sc2ccc(Cl)cc2)o1. The van der Waals surface area contributed by atoms with Crippen LogP contribution in [0.15, 0.2) is 87.8 Å². The summed E-state index contributed by atoms with van der Waals surface area (Å²) in [4.78, 5) is 18.3. The fourth-order valence-electron chi connectivity index (χ4n) is 2.36. The Morgan fingerprint density at radius 1 is 1.10 bits per heavy atom. The maximum atomic E-state index is 12.3. The number of hydrogen-bond donors (Lipinski definition) is 1. The molecule has 0 unspecified atom stereocenters. The molecule has 9 heteroatoms. The van der Waals surface area contributed by atoms with E-state index in [4.69, 9.17) is 16.0 Å². The molecule has 2 aromatic carbocycles. The van der Waals surface area contributed by atoms with Gasteiger partial charge in [0.2, 0.25) is 0 Å². The Bertz CT molecular complexity index is 1130. The summed E-state index contributed by atoms with van der Waals surface area (Å²) in [6.45, 7) is 0. The zero-order valence-electron chi connectivity index (χ0n) is 14.5. The molecule has 3 aromatic rings. The molecule has 29 heavy (non-hydrogen) atoms. The van der Waals surface area contributed by atoms with Crippen LogP contribution in [0.4, 0.5) is 5.69 Å². The van der Waals surface area contributed by atoms with Gasteiger partial charge in [0, 0.05) is 20.5 Å². The lowest BCUT2D eigenvalue weighted by Gasteiger charge is -1.98. The summed E-state index contributed by atoms with van der Waals surface area (Å²) in [6.07, 6.45) is 1.71. The molecule has 1 aliphatic rings. The molecular formula is C20H11Br2ClN2O2S2. The third kappa shape index (κ3) is 5.38. The van der Waals surface area contributed by atoms with E-state index in [-0.39, 0.29) is 5.91 Å². The van der Waals surface area contributed by atoms with Crippen LogP contribution >= 0.6 is 67.0 Å². The number of nitrogens with one attached hydrogen (secondary N) is 1. The van der Waals surface area contributed by atoms with E-state index < -0.39 is 0 Å². The third-order valence-corrected chi connectivity index (χ3v) is 7.22. The Balaban J connectivity index is 1.51. The molecule has 146 valence electrons. The monoisotopic (exact) mass is 568 g/mol. The van der Waals surface area contributed by atoms with Crippen LogP contribution in [-0.4, -0.2) is 11.1 Å². The van der Waals surface area contributed by atoms with Crippen molar-refractivity contribution in [3.8, 4) is 0 Å². The zero-order chi connectivity index (χ0) is 20.4. The van der Waals surface area contributed by atoms with E-state index in [1.54, 1.807) is 6.08 Å². The Labute approximate surface area is 197 Å². The molecule has 2 heterocycles. The van der Waals surface area contributed by atoms with Crippen LogP contribution in [-0.2, 0) is 4.79 Å². The number of thioether (sulfide) groups is 1. The second-order valence-electron chi connectivity index (χ2n) is 5.80. The van der Waals surface area contributed by atoms with Crippen LogP contribution < -0.4 is 5.32 Å². The average molecular weight is 571 g/mol. The van der Waals surface area contributed by atoms with Crippen molar-refractivity contribution in [2.45, 2.75) is 9.99 Å². The first-order chi connectivity index (χ1) is 14.0. The number of carbonyl (C=O) groups excluding carboxylic acids is 1. The number of benzene rings is 2. The second kappa shape index (κ2) is 9.14. The van der Waals surface area contributed by atoms with Gasteiger partial charge in [-0.2, -0.15) is 0 Å². The van der Waals surface area contributed by atoms with Crippen LogP contribution in [0.1, 0.15) is 5.76 Å². The van der Waals surface area contributed by atoms with Crippen molar-refractivity contribution in [1.29, 1.82) is 0 Å². The summed E-state index contributed by atoms with van der Waals surface area (Å²) in [6, 6.07) is 16.9. The lowest BCUT2D eigenvalue weighted by atomic mass is 10.3. The molecule has 0 bridgehead atoms. The van der Waals surface area contributed by atoms with Crippen molar-refractivity contribution in [2.24, 2.45) is 4.99 Å². The van der Waals surface area contributed by atoms with E-state index in [1.165, 1.54) is 23.5 Å². The summed E-state index contributed by atoms with van der Waals surface area (Å²) in [5.74, 6) is 0.376. The summed E-state index contributed by atoms with van der Waals surface area (Å²) >= 11 is 15.6. The second-order valence-corrected chi connectivity index (χ2v) is 10.1. The highest BCUT2D eigenvalue weighted by molar-refractivity contribution is 9.10. The van der Waals surface area contributed by atoms with Crippen LogP contribution in [0.3, 0.4) is 0 Å². The molecule has 1 fully saturated rings. The number of furan rings is 1. The number of halogens is 3. The van der Waals surface area contributed by atoms with Gasteiger partial charge in [-0.25, -0.2) is 4.99 Å². The largest absolute Gasteiger partial charge is 0.449 e. The first-order valence-corrected chi connectivity index (χ1v) is 11.8. The van der Waals surface area contributed by atoms with E-state index in [1.807, 2.05) is 54.6 Å². The van der Waals surface area contributed by atoms with E-state index in [0.29, 0.717) is 25.9 Å². The highest BCUT2D eigenvalue weighted by Crippen LogP contribution is 2.38. The number of nitrogens with zero attached hydrogens (tertiary/aromatic N) is 1. The molecule has 0 radical (unpaired) electrons. The Hall–Kier alpha value is -1.45. The number of amides is 1. The molecule has 0 spiro atoms. The predicted molar refractivity (Wildman–Crippen MR) is 127 cm³/mol. The highest BCUT2D eigenvalue weighted by Gasteiger charge is 2.24. The van der Waals surface area contributed by atoms with Crippen molar-refractivity contribution >= 4 is 89.8 Å². The van der Waals surface area contributed by atoms with Gasteiger partial charge >= 0.3 is 0 Å². The van der Waals surface area contributed by atoms with Gasteiger partial charge in [0.1, 0.15) is 5.76 Å². The predicted octanol–water partition coefficient (Wildman–Crippen LogP) is 7.50. The number of hydrogen-bond acceptors (Lipinski definition) is 5. The van der Waals surface area contributed by atoms with Crippen LogP contribution in [0.25, 0.3) is 6.08 Å². The minimum Gasteiger partial charge on any atom is -0.449 e. The molecule has 1 saturated heterocycles. The Morgan fingerprint density at radius 3 is 2.55 bits per heavy atom. The smallest absolute Gasteiger partial charge is 0.264 e. The average Bonchev–Trinajstić information content (AvgIpc) is 3.21. The molecule has 4 nitrogen and oxygen atoms in total. The van der Waals surface area contributed by atoms with Gasteiger partial charge in [0.15, 0.2) is 10.3 Å². The first kappa shape index (κ1) is 20.8. The molecular weight excluding hydrogens is 560 g/mol. The molecule has 4 rings (SSSR count). The summed E-state index contributed by atoms with van der Waals surface area (Å²) in [5.41, 5.74) is 0.764. The number of amidine groups is 1. The van der Waals surface area contributed by atoms with E-state index in [9.17, 15) is 4.79 Å². The first-order valence-electron chi connectivity index (χ1n) is 8.24. The quantitative estimate of drug-likeness (QED) is 0.330.